The lowest BCUT2D eigenvalue weighted by Crippen LogP contribution is -2.05. The Balaban J connectivity index is 0.000000175. The highest BCUT2D eigenvalue weighted by Gasteiger charge is 2.16. The van der Waals surface area contributed by atoms with Crippen LogP contribution in [0.5, 0.6) is 11.5 Å². The van der Waals surface area contributed by atoms with E-state index >= 15 is 0 Å². The number of hydrogen-bond donors (Lipinski definition) is 0. The van der Waals surface area contributed by atoms with Crippen molar-refractivity contribution in [3.8, 4) is 34.0 Å². The van der Waals surface area contributed by atoms with E-state index < -0.39 is 5.82 Å². The number of aryl methyl sites for hydroxylation is 1. The first-order valence-corrected chi connectivity index (χ1v) is 13.6. The normalized spacial score (nSPS) is 10.7. The largest absolute Gasteiger partial charge is 0.497 e. The van der Waals surface area contributed by atoms with Crippen molar-refractivity contribution in [1.82, 2.24) is 40.0 Å². The summed E-state index contributed by atoms with van der Waals surface area (Å²) in [4.78, 5) is 7.53. The summed E-state index contributed by atoms with van der Waals surface area (Å²) in [5.74, 6) is 0.809. The maximum Gasteiger partial charge on any atom is 0.150 e. The molecule has 4 aromatic heterocycles. The van der Waals surface area contributed by atoms with Crippen LogP contribution in [0.2, 0.25) is 0 Å². The molecule has 0 bridgehead atoms. The van der Waals surface area contributed by atoms with E-state index in [0.29, 0.717) is 41.3 Å². The Morgan fingerprint density at radius 1 is 0.636 bits per heavy atom. The maximum absolute atomic E-state index is 14.0. The molecule has 0 fully saturated rings. The van der Waals surface area contributed by atoms with Crippen molar-refractivity contribution in [3.63, 3.8) is 0 Å². The van der Waals surface area contributed by atoms with Crippen LogP contribution in [0.1, 0.15) is 22.5 Å². The number of halogens is 2. The summed E-state index contributed by atoms with van der Waals surface area (Å²) in [5.41, 5.74) is 5.64. The minimum Gasteiger partial charge on any atom is -0.497 e. The van der Waals surface area contributed by atoms with Gasteiger partial charge in [-0.05, 0) is 61.4 Å². The van der Waals surface area contributed by atoms with Crippen molar-refractivity contribution in [2.75, 3.05) is 14.2 Å². The van der Waals surface area contributed by atoms with Gasteiger partial charge in [-0.15, -0.1) is 10.2 Å². The van der Waals surface area contributed by atoms with Gasteiger partial charge in [-0.25, -0.2) is 18.1 Å². The van der Waals surface area contributed by atoms with E-state index in [4.69, 9.17) is 9.47 Å². The van der Waals surface area contributed by atoms with Crippen LogP contribution in [-0.4, -0.2) is 54.2 Å². The van der Waals surface area contributed by atoms with Crippen LogP contribution in [0.15, 0.2) is 85.5 Å². The van der Waals surface area contributed by atoms with Crippen LogP contribution < -0.4 is 9.47 Å². The molecule has 0 aliphatic rings. The molecule has 0 N–H and O–H groups in total. The zero-order valence-corrected chi connectivity index (χ0v) is 24.6. The average molecular weight is 597 g/mol. The molecule has 44 heavy (non-hydrogen) atoms. The Kier molecular flexibility index (Phi) is 9.28. The quantitative estimate of drug-likeness (QED) is 0.221. The Morgan fingerprint density at radius 3 is 1.66 bits per heavy atom. The third-order valence-electron chi connectivity index (χ3n) is 6.92. The van der Waals surface area contributed by atoms with Crippen molar-refractivity contribution in [2.45, 2.75) is 26.9 Å². The number of ether oxygens (including phenoxy) is 2. The fourth-order valence-corrected chi connectivity index (χ4v) is 4.55. The lowest BCUT2D eigenvalue weighted by atomic mass is 10.1. The number of pyridine rings is 2. The Morgan fingerprint density at radius 2 is 1.14 bits per heavy atom. The number of nitrogens with zero attached hydrogens (tertiary/aromatic N) is 8. The van der Waals surface area contributed by atoms with Gasteiger partial charge in [0, 0.05) is 23.5 Å². The summed E-state index contributed by atoms with van der Waals surface area (Å²) >= 11 is 0. The third kappa shape index (κ3) is 6.75. The number of hydrogen-bond acceptors (Lipinski definition) is 8. The summed E-state index contributed by atoms with van der Waals surface area (Å²) in [6.45, 7) is 4.75. The molecule has 12 heteroatoms. The molecule has 4 heterocycles. The lowest BCUT2D eigenvalue weighted by molar-refractivity contribution is 0.414. The first kappa shape index (κ1) is 30.0. The molecule has 2 aromatic carbocycles. The predicted octanol–water partition coefficient (Wildman–Crippen LogP) is 5.69. The fraction of sp³-hybridized carbons (Fsp3) is 0.188. The van der Waals surface area contributed by atoms with E-state index in [1.165, 1.54) is 12.4 Å². The Labute approximate surface area is 253 Å². The second-order valence-corrected chi connectivity index (χ2v) is 9.77. The molecule has 0 unspecified atom stereocenters. The minimum atomic E-state index is -0.401. The first-order valence-electron chi connectivity index (χ1n) is 13.6. The van der Waals surface area contributed by atoms with Gasteiger partial charge in [-0.3, -0.25) is 9.97 Å². The number of aromatic nitrogens is 8. The highest BCUT2D eigenvalue weighted by Crippen LogP contribution is 2.26. The van der Waals surface area contributed by atoms with Crippen molar-refractivity contribution in [1.29, 1.82) is 0 Å². The van der Waals surface area contributed by atoms with E-state index in [0.717, 1.165) is 28.3 Å². The van der Waals surface area contributed by atoms with Crippen molar-refractivity contribution >= 4 is 0 Å². The molecule has 0 aliphatic heterocycles. The van der Waals surface area contributed by atoms with Crippen LogP contribution in [0, 0.1) is 25.5 Å². The Bertz CT molecular complexity index is 1840. The van der Waals surface area contributed by atoms with Crippen molar-refractivity contribution < 1.29 is 18.3 Å². The molecule has 0 aliphatic carbocycles. The maximum atomic E-state index is 14.0. The molecule has 0 radical (unpaired) electrons. The standard InChI is InChI=1S/2C16H15FN4O/c1-11-16(14-7-8-18-9-15(14)17)19-20-21(11)10-12-3-5-13(22-2)6-4-12;1-11-16(14-7-8-18-9-15(14)17)21(20-19-11)10-12-3-5-13(22-2)6-4-12/h2*3-9H,10H2,1-2H3. The lowest BCUT2D eigenvalue weighted by Gasteiger charge is -2.09. The topological polar surface area (TPSA) is 106 Å². The molecule has 6 aromatic rings. The molecule has 6 rings (SSSR count). The summed E-state index contributed by atoms with van der Waals surface area (Å²) in [6, 6.07) is 18.6. The predicted molar refractivity (Wildman–Crippen MR) is 160 cm³/mol. The monoisotopic (exact) mass is 596 g/mol. The molecule has 0 spiro atoms. The SMILES string of the molecule is COc1ccc(Cn2nnc(-c3ccncc3F)c2C)cc1.COc1ccc(Cn2nnc(C)c2-c2ccncc2F)cc1. The van der Waals surface area contributed by atoms with E-state index in [9.17, 15) is 8.78 Å². The first-order chi connectivity index (χ1) is 21.4. The molecule has 0 saturated heterocycles. The van der Waals surface area contributed by atoms with Gasteiger partial charge in [-0.1, -0.05) is 34.7 Å². The van der Waals surface area contributed by atoms with Crippen LogP contribution in [0.25, 0.3) is 22.5 Å². The number of rotatable bonds is 8. The molecule has 224 valence electrons. The summed E-state index contributed by atoms with van der Waals surface area (Å²) in [7, 11) is 3.26. The van der Waals surface area contributed by atoms with E-state index in [-0.39, 0.29) is 5.82 Å². The minimum absolute atomic E-state index is 0.385. The summed E-state index contributed by atoms with van der Waals surface area (Å²) in [6.07, 6.45) is 5.47. The van der Waals surface area contributed by atoms with Gasteiger partial charge >= 0.3 is 0 Å². The van der Waals surface area contributed by atoms with Crippen molar-refractivity contribution in [2.24, 2.45) is 0 Å². The Hall–Kier alpha value is -5.52. The van der Waals surface area contributed by atoms with Crippen LogP contribution in [-0.2, 0) is 13.1 Å². The summed E-state index contributed by atoms with van der Waals surface area (Å²) in [5, 5.41) is 16.4. The van der Waals surface area contributed by atoms with Gasteiger partial charge in [0.1, 0.15) is 17.2 Å². The number of methoxy groups -OCH3 is 2. The average Bonchev–Trinajstić information content (AvgIpc) is 3.59. The van der Waals surface area contributed by atoms with Crippen molar-refractivity contribution in [3.05, 3.63) is 120 Å². The molecular weight excluding hydrogens is 566 g/mol. The molecule has 0 amide bonds. The van der Waals surface area contributed by atoms with Gasteiger partial charge in [0.15, 0.2) is 11.6 Å². The van der Waals surface area contributed by atoms with E-state index in [1.54, 1.807) is 48.1 Å². The van der Waals surface area contributed by atoms with Gasteiger partial charge in [0.2, 0.25) is 0 Å². The van der Waals surface area contributed by atoms with Crippen LogP contribution in [0.4, 0.5) is 8.78 Å². The zero-order chi connectivity index (χ0) is 31.1. The van der Waals surface area contributed by atoms with Crippen LogP contribution >= 0.6 is 0 Å². The molecule has 0 saturated carbocycles. The highest BCUT2D eigenvalue weighted by atomic mass is 19.1. The molecule has 10 nitrogen and oxygen atoms in total. The zero-order valence-electron chi connectivity index (χ0n) is 24.6. The van der Waals surface area contributed by atoms with Crippen LogP contribution in [0.3, 0.4) is 0 Å². The molecule has 0 atom stereocenters. The van der Waals surface area contributed by atoms with Gasteiger partial charge in [-0.2, -0.15) is 0 Å². The van der Waals surface area contributed by atoms with E-state index in [2.05, 4.69) is 30.6 Å². The second kappa shape index (κ2) is 13.6. The highest BCUT2D eigenvalue weighted by molar-refractivity contribution is 5.62. The van der Waals surface area contributed by atoms with Gasteiger partial charge in [0.05, 0.1) is 56.8 Å². The third-order valence-corrected chi connectivity index (χ3v) is 6.92. The number of benzene rings is 2. The van der Waals surface area contributed by atoms with Gasteiger partial charge in [0.25, 0.3) is 0 Å². The van der Waals surface area contributed by atoms with Gasteiger partial charge < -0.3 is 9.47 Å². The summed E-state index contributed by atoms with van der Waals surface area (Å²) < 4.78 is 41.5. The van der Waals surface area contributed by atoms with E-state index in [1.807, 2.05) is 62.4 Å². The molecular formula is C32H30F2N8O2. The smallest absolute Gasteiger partial charge is 0.150 e. The second-order valence-electron chi connectivity index (χ2n) is 9.77. The fourth-order valence-electron chi connectivity index (χ4n) is 4.55.